The molecule has 10 aromatic rings. The zero-order valence-electron chi connectivity index (χ0n) is 31.7. The Morgan fingerprint density at radius 1 is 0.345 bits per heavy atom. The molecule has 0 aliphatic carbocycles. The van der Waals surface area contributed by atoms with Gasteiger partial charge in [0.1, 0.15) is 0 Å². The van der Waals surface area contributed by atoms with Crippen LogP contribution in [0, 0.1) is 0 Å². The van der Waals surface area contributed by atoms with E-state index in [1.54, 1.807) is 0 Å². The number of pyridine rings is 1. The van der Waals surface area contributed by atoms with Crippen molar-refractivity contribution in [1.29, 1.82) is 0 Å². The van der Waals surface area contributed by atoms with Crippen LogP contribution in [0.2, 0.25) is 0 Å². The van der Waals surface area contributed by atoms with Crippen molar-refractivity contribution < 1.29 is 0 Å². The summed E-state index contributed by atoms with van der Waals surface area (Å²) in [6, 6.07) is 61.2. The molecule has 10 rings (SSSR count). The standard InChI is InChI=1S/C54H36N4/c1-3-42-43(4-2)48-27-16-26-45(51(48)49-25-12-11-23-46(42)49)40-32-39(37-21-15-22-38(31-37)44-29-30-55-50-28-14-13-24-47(44)50)33-41(34-40)54-57-52(35-17-7-5-8-18-35)56-53(58-54)36-19-9-6-10-20-36/h3-34H,1-2H2. The van der Waals surface area contributed by atoms with Crippen LogP contribution in [0.4, 0.5) is 0 Å². The van der Waals surface area contributed by atoms with Crippen LogP contribution in [-0.4, -0.2) is 19.9 Å². The van der Waals surface area contributed by atoms with Crippen molar-refractivity contribution in [3.8, 4) is 67.5 Å². The Hall–Kier alpha value is -7.82. The largest absolute Gasteiger partial charge is 0.256 e. The summed E-state index contributed by atoms with van der Waals surface area (Å²) in [5.41, 5.74) is 12.4. The minimum atomic E-state index is 0.595. The van der Waals surface area contributed by atoms with Gasteiger partial charge in [0.15, 0.2) is 17.5 Å². The molecule has 0 saturated heterocycles. The topological polar surface area (TPSA) is 51.6 Å². The van der Waals surface area contributed by atoms with Crippen LogP contribution in [0.15, 0.2) is 195 Å². The average Bonchev–Trinajstić information content (AvgIpc) is 3.31. The van der Waals surface area contributed by atoms with Crippen molar-refractivity contribution in [1.82, 2.24) is 19.9 Å². The molecule has 0 saturated carbocycles. The molecular formula is C54H36N4. The van der Waals surface area contributed by atoms with Crippen LogP contribution in [0.1, 0.15) is 11.1 Å². The first-order valence-electron chi connectivity index (χ1n) is 19.4. The number of hydrogen-bond donors (Lipinski definition) is 0. The summed E-state index contributed by atoms with van der Waals surface area (Å²) in [6.45, 7) is 8.45. The van der Waals surface area contributed by atoms with Crippen molar-refractivity contribution in [3.05, 3.63) is 206 Å². The summed E-state index contributed by atoms with van der Waals surface area (Å²) in [4.78, 5) is 20.0. The van der Waals surface area contributed by atoms with Crippen LogP contribution in [0.5, 0.6) is 0 Å². The highest BCUT2D eigenvalue weighted by Gasteiger charge is 2.19. The molecule has 2 aromatic heterocycles. The highest BCUT2D eigenvalue weighted by molar-refractivity contribution is 6.20. The molecule has 0 N–H and O–H groups in total. The summed E-state index contributed by atoms with van der Waals surface area (Å²) < 4.78 is 0. The minimum absolute atomic E-state index is 0.595. The summed E-state index contributed by atoms with van der Waals surface area (Å²) in [5, 5.41) is 5.69. The van der Waals surface area contributed by atoms with E-state index in [-0.39, 0.29) is 0 Å². The van der Waals surface area contributed by atoms with E-state index in [0.29, 0.717) is 17.5 Å². The third-order valence-electron chi connectivity index (χ3n) is 10.9. The maximum Gasteiger partial charge on any atom is 0.164 e. The van der Waals surface area contributed by atoms with Gasteiger partial charge in [0.2, 0.25) is 0 Å². The summed E-state index contributed by atoms with van der Waals surface area (Å²) in [7, 11) is 0. The zero-order chi connectivity index (χ0) is 39.0. The lowest BCUT2D eigenvalue weighted by Crippen LogP contribution is -2.00. The van der Waals surface area contributed by atoms with E-state index in [4.69, 9.17) is 15.0 Å². The lowest BCUT2D eigenvalue weighted by atomic mass is 9.86. The predicted octanol–water partition coefficient (Wildman–Crippen LogP) is 14.0. The van der Waals surface area contributed by atoms with Gasteiger partial charge in [-0.2, -0.15) is 0 Å². The third-order valence-corrected chi connectivity index (χ3v) is 10.9. The van der Waals surface area contributed by atoms with Crippen molar-refractivity contribution in [2.24, 2.45) is 0 Å². The maximum atomic E-state index is 5.18. The lowest BCUT2D eigenvalue weighted by molar-refractivity contribution is 1.07. The van der Waals surface area contributed by atoms with Crippen molar-refractivity contribution in [3.63, 3.8) is 0 Å². The molecule has 0 aliphatic rings. The van der Waals surface area contributed by atoms with Gasteiger partial charge in [-0.15, -0.1) is 0 Å². The van der Waals surface area contributed by atoms with Crippen LogP contribution in [0.25, 0.3) is 112 Å². The molecule has 8 aromatic carbocycles. The maximum absolute atomic E-state index is 5.18. The molecule has 0 spiro atoms. The van der Waals surface area contributed by atoms with Crippen LogP contribution >= 0.6 is 0 Å². The van der Waals surface area contributed by atoms with E-state index in [1.165, 1.54) is 0 Å². The van der Waals surface area contributed by atoms with E-state index in [9.17, 15) is 0 Å². The Labute approximate surface area is 337 Å². The molecule has 4 heteroatoms. The van der Waals surface area contributed by atoms with Crippen LogP contribution in [-0.2, 0) is 0 Å². The highest BCUT2D eigenvalue weighted by Crippen LogP contribution is 2.42. The summed E-state index contributed by atoms with van der Waals surface area (Å²) >= 11 is 0. The SMILES string of the molecule is C=Cc1c(C=C)c2cccc(-c3cc(-c4cccc(-c5ccnc6ccccc56)c4)cc(-c4nc(-c5ccccc5)nc(-c5ccccc5)n4)c3)c2c2ccccc12. The van der Waals surface area contributed by atoms with Gasteiger partial charge in [-0.05, 0) is 102 Å². The van der Waals surface area contributed by atoms with Crippen LogP contribution in [0.3, 0.4) is 0 Å². The van der Waals surface area contributed by atoms with Gasteiger partial charge in [0.05, 0.1) is 5.52 Å². The number of aromatic nitrogens is 4. The van der Waals surface area contributed by atoms with Gasteiger partial charge < -0.3 is 0 Å². The number of nitrogens with zero attached hydrogens (tertiary/aromatic N) is 4. The minimum Gasteiger partial charge on any atom is -0.256 e. The van der Waals surface area contributed by atoms with E-state index >= 15 is 0 Å². The smallest absolute Gasteiger partial charge is 0.164 e. The molecular weight excluding hydrogens is 705 g/mol. The first-order valence-corrected chi connectivity index (χ1v) is 19.4. The molecule has 0 radical (unpaired) electrons. The number of para-hydroxylation sites is 1. The van der Waals surface area contributed by atoms with E-state index in [0.717, 1.165) is 93.6 Å². The fraction of sp³-hybridized carbons (Fsp3) is 0. The normalized spacial score (nSPS) is 11.2. The van der Waals surface area contributed by atoms with Gasteiger partial charge in [-0.25, -0.2) is 15.0 Å². The Morgan fingerprint density at radius 3 is 1.55 bits per heavy atom. The Kier molecular flexibility index (Phi) is 8.77. The summed E-state index contributed by atoms with van der Waals surface area (Å²) in [5.74, 6) is 1.83. The van der Waals surface area contributed by atoms with Gasteiger partial charge >= 0.3 is 0 Å². The fourth-order valence-corrected chi connectivity index (χ4v) is 8.20. The summed E-state index contributed by atoms with van der Waals surface area (Å²) in [6.07, 6.45) is 5.78. The molecule has 2 heterocycles. The Bertz CT molecular complexity index is 3140. The van der Waals surface area contributed by atoms with E-state index in [1.807, 2.05) is 85.1 Å². The lowest BCUT2D eigenvalue weighted by Gasteiger charge is -2.18. The second-order valence-electron chi connectivity index (χ2n) is 14.3. The number of hydrogen-bond acceptors (Lipinski definition) is 4. The Balaban J connectivity index is 1.26. The fourth-order valence-electron chi connectivity index (χ4n) is 8.20. The molecule has 0 aliphatic heterocycles. The monoisotopic (exact) mass is 740 g/mol. The second-order valence-corrected chi connectivity index (χ2v) is 14.3. The first kappa shape index (κ1) is 34.7. The van der Waals surface area contributed by atoms with Crippen molar-refractivity contribution in [2.45, 2.75) is 0 Å². The van der Waals surface area contributed by atoms with Gasteiger partial charge in [0.25, 0.3) is 0 Å². The molecule has 0 atom stereocenters. The van der Waals surface area contributed by atoms with Crippen LogP contribution < -0.4 is 0 Å². The molecule has 0 bridgehead atoms. The van der Waals surface area contributed by atoms with E-state index in [2.05, 4.69) is 127 Å². The molecule has 272 valence electrons. The molecule has 58 heavy (non-hydrogen) atoms. The first-order chi connectivity index (χ1) is 28.7. The van der Waals surface area contributed by atoms with Crippen molar-refractivity contribution >= 4 is 44.6 Å². The van der Waals surface area contributed by atoms with Gasteiger partial charge in [-0.3, -0.25) is 4.98 Å². The van der Waals surface area contributed by atoms with Gasteiger partial charge in [-0.1, -0.05) is 165 Å². The second kappa shape index (κ2) is 14.7. The van der Waals surface area contributed by atoms with E-state index < -0.39 is 0 Å². The average molecular weight is 741 g/mol. The van der Waals surface area contributed by atoms with Crippen molar-refractivity contribution in [2.75, 3.05) is 0 Å². The molecule has 0 unspecified atom stereocenters. The number of rotatable bonds is 8. The molecule has 0 amide bonds. The highest BCUT2D eigenvalue weighted by atomic mass is 15.0. The Morgan fingerprint density at radius 2 is 0.845 bits per heavy atom. The molecule has 0 fully saturated rings. The van der Waals surface area contributed by atoms with Gasteiger partial charge in [0, 0.05) is 28.3 Å². The zero-order valence-corrected chi connectivity index (χ0v) is 31.7. The number of fused-ring (bicyclic) bond motifs is 4. The number of benzene rings is 8. The molecule has 4 nitrogen and oxygen atoms in total. The quantitative estimate of drug-likeness (QED) is 0.146. The third kappa shape index (κ3) is 6.14. The predicted molar refractivity (Wildman–Crippen MR) is 243 cm³/mol.